The van der Waals surface area contributed by atoms with Crippen molar-refractivity contribution in [1.29, 1.82) is 0 Å². The Bertz CT molecular complexity index is 882. The summed E-state index contributed by atoms with van der Waals surface area (Å²) >= 11 is 1.28. The molecule has 2 aromatic carbocycles. The number of benzene rings is 2. The zero-order valence-corrected chi connectivity index (χ0v) is 15.2. The summed E-state index contributed by atoms with van der Waals surface area (Å²) in [5, 5.41) is 11.8. The van der Waals surface area contributed by atoms with Crippen molar-refractivity contribution in [3.05, 3.63) is 60.4 Å². The highest BCUT2D eigenvalue weighted by molar-refractivity contribution is 7.99. The van der Waals surface area contributed by atoms with E-state index in [1.165, 1.54) is 17.8 Å². The summed E-state index contributed by atoms with van der Waals surface area (Å²) in [5.74, 6) is 0.203. The summed E-state index contributed by atoms with van der Waals surface area (Å²) in [7, 11) is 0. The summed E-state index contributed by atoms with van der Waals surface area (Å²) in [5.41, 5.74) is 1.18. The van der Waals surface area contributed by atoms with Gasteiger partial charge in [0.15, 0.2) is 11.0 Å². The lowest BCUT2D eigenvalue weighted by molar-refractivity contribution is -0.118. The maximum Gasteiger partial charge on any atom is 0.230 e. The molecule has 0 aliphatic carbocycles. The molecule has 0 radical (unpaired) electrons. The van der Waals surface area contributed by atoms with Crippen LogP contribution in [-0.2, 0) is 4.79 Å². The second-order valence-electron chi connectivity index (χ2n) is 5.60. The van der Waals surface area contributed by atoms with Gasteiger partial charge in [-0.2, -0.15) is 0 Å². The summed E-state index contributed by atoms with van der Waals surface area (Å²) in [6, 6.07) is 15.9. The quantitative estimate of drug-likeness (QED) is 0.645. The van der Waals surface area contributed by atoms with E-state index in [0.717, 1.165) is 12.1 Å². The topological polar surface area (TPSA) is 59.8 Å². The highest BCUT2D eigenvalue weighted by Gasteiger charge is 2.19. The Labute approximate surface area is 155 Å². The zero-order chi connectivity index (χ0) is 18.4. The van der Waals surface area contributed by atoms with Crippen molar-refractivity contribution >= 4 is 17.7 Å². The van der Waals surface area contributed by atoms with Gasteiger partial charge in [0.05, 0.1) is 11.3 Å². The summed E-state index contributed by atoms with van der Waals surface area (Å²) in [6.45, 7) is 2.64. The van der Waals surface area contributed by atoms with Crippen molar-refractivity contribution < 1.29 is 9.18 Å². The lowest BCUT2D eigenvalue weighted by Gasteiger charge is -2.10. The van der Waals surface area contributed by atoms with Crippen molar-refractivity contribution in [1.82, 2.24) is 20.1 Å². The largest absolute Gasteiger partial charge is 0.355 e. The van der Waals surface area contributed by atoms with Gasteiger partial charge in [0.25, 0.3) is 0 Å². The van der Waals surface area contributed by atoms with Gasteiger partial charge in [-0.25, -0.2) is 4.39 Å². The van der Waals surface area contributed by atoms with Gasteiger partial charge in [-0.3, -0.25) is 9.36 Å². The van der Waals surface area contributed by atoms with E-state index in [1.54, 1.807) is 22.8 Å². The number of thioether (sulfide) groups is 1. The number of rotatable bonds is 7. The van der Waals surface area contributed by atoms with Gasteiger partial charge in [0, 0.05) is 12.2 Å². The third-order valence-corrected chi connectivity index (χ3v) is 4.60. The van der Waals surface area contributed by atoms with Gasteiger partial charge >= 0.3 is 0 Å². The predicted octanol–water partition coefficient (Wildman–Crippen LogP) is 3.69. The van der Waals surface area contributed by atoms with Crippen LogP contribution in [0.1, 0.15) is 13.3 Å². The van der Waals surface area contributed by atoms with Crippen molar-refractivity contribution in [2.45, 2.75) is 18.5 Å². The molecule has 134 valence electrons. The Morgan fingerprint density at radius 3 is 2.58 bits per heavy atom. The highest BCUT2D eigenvalue weighted by atomic mass is 32.2. The molecule has 0 aliphatic heterocycles. The number of nitrogens with one attached hydrogen (secondary N) is 1. The number of halogens is 1. The Morgan fingerprint density at radius 1 is 1.12 bits per heavy atom. The number of hydrogen-bond acceptors (Lipinski definition) is 4. The second kappa shape index (κ2) is 8.62. The molecule has 0 fully saturated rings. The van der Waals surface area contributed by atoms with E-state index in [2.05, 4.69) is 15.5 Å². The van der Waals surface area contributed by atoms with E-state index in [-0.39, 0.29) is 17.5 Å². The smallest absolute Gasteiger partial charge is 0.230 e. The Hall–Kier alpha value is -2.67. The number of carbonyl (C=O) groups excluding carboxylic acids is 1. The molecule has 0 unspecified atom stereocenters. The molecule has 3 aromatic rings. The first-order chi connectivity index (χ1) is 12.7. The maximum atomic E-state index is 14.3. The number of aromatic nitrogens is 3. The Kier molecular flexibility index (Phi) is 6.01. The van der Waals surface area contributed by atoms with Gasteiger partial charge in [-0.1, -0.05) is 49.0 Å². The fourth-order valence-electron chi connectivity index (χ4n) is 2.44. The average Bonchev–Trinajstić information content (AvgIpc) is 3.09. The van der Waals surface area contributed by atoms with Gasteiger partial charge < -0.3 is 5.32 Å². The van der Waals surface area contributed by atoms with Crippen molar-refractivity contribution in [3.63, 3.8) is 0 Å². The number of para-hydroxylation sites is 1. The lowest BCUT2D eigenvalue weighted by Crippen LogP contribution is -2.25. The molecular weight excluding hydrogens is 351 g/mol. The molecule has 0 atom stereocenters. The van der Waals surface area contributed by atoms with Gasteiger partial charge in [-0.15, -0.1) is 10.2 Å². The molecule has 0 spiro atoms. The van der Waals surface area contributed by atoms with Crippen LogP contribution in [0.4, 0.5) is 4.39 Å². The molecule has 26 heavy (non-hydrogen) atoms. The number of hydrogen-bond donors (Lipinski definition) is 1. The average molecular weight is 370 g/mol. The summed E-state index contributed by atoms with van der Waals surface area (Å²) in [4.78, 5) is 11.9. The first-order valence-corrected chi connectivity index (χ1v) is 9.34. The molecule has 1 N–H and O–H groups in total. The third kappa shape index (κ3) is 4.11. The van der Waals surface area contributed by atoms with E-state index < -0.39 is 0 Å². The number of carbonyl (C=O) groups is 1. The molecular formula is C19H19FN4OS. The molecule has 1 heterocycles. The van der Waals surface area contributed by atoms with Crippen LogP contribution in [0.5, 0.6) is 0 Å². The van der Waals surface area contributed by atoms with Gasteiger partial charge in [0.1, 0.15) is 5.82 Å². The molecule has 3 rings (SSSR count). The monoisotopic (exact) mass is 370 g/mol. The fraction of sp³-hybridized carbons (Fsp3) is 0.211. The molecule has 0 saturated carbocycles. The first-order valence-electron chi connectivity index (χ1n) is 8.36. The molecule has 0 bridgehead atoms. The summed E-state index contributed by atoms with van der Waals surface area (Å²) < 4.78 is 16.1. The SMILES string of the molecule is CCCNC(=O)CSc1nnc(-c2ccccc2F)n1-c1ccccc1. The normalized spacial score (nSPS) is 10.7. The zero-order valence-electron chi connectivity index (χ0n) is 14.4. The molecule has 5 nitrogen and oxygen atoms in total. The van der Waals surface area contributed by atoms with Crippen LogP contribution < -0.4 is 5.32 Å². The van der Waals surface area contributed by atoms with E-state index in [1.807, 2.05) is 37.3 Å². The maximum absolute atomic E-state index is 14.3. The van der Waals surface area contributed by atoms with E-state index >= 15 is 0 Å². The standard InChI is InChI=1S/C19H19FN4OS/c1-2-12-21-17(25)13-26-19-23-22-18(15-10-6-7-11-16(15)20)24(19)14-8-4-3-5-9-14/h3-11H,2,12-13H2,1H3,(H,21,25). The van der Waals surface area contributed by atoms with E-state index in [0.29, 0.717) is 23.1 Å². The van der Waals surface area contributed by atoms with E-state index in [9.17, 15) is 9.18 Å². The Morgan fingerprint density at radius 2 is 1.85 bits per heavy atom. The van der Waals surface area contributed by atoms with Crippen LogP contribution in [-0.4, -0.2) is 33.0 Å². The molecule has 7 heteroatoms. The highest BCUT2D eigenvalue weighted by Crippen LogP contribution is 2.29. The number of amides is 1. The Balaban J connectivity index is 1.96. The van der Waals surface area contributed by atoms with Crippen LogP contribution in [0.25, 0.3) is 17.1 Å². The van der Waals surface area contributed by atoms with Crippen molar-refractivity contribution in [2.24, 2.45) is 0 Å². The first kappa shape index (κ1) is 18.1. The van der Waals surface area contributed by atoms with Crippen molar-refractivity contribution in [2.75, 3.05) is 12.3 Å². The molecule has 1 aromatic heterocycles. The second-order valence-corrected chi connectivity index (χ2v) is 6.54. The van der Waals surface area contributed by atoms with Crippen LogP contribution in [0.2, 0.25) is 0 Å². The fourth-order valence-corrected chi connectivity index (χ4v) is 3.22. The molecule has 0 saturated heterocycles. The van der Waals surface area contributed by atoms with Gasteiger partial charge in [0.2, 0.25) is 5.91 Å². The minimum Gasteiger partial charge on any atom is -0.355 e. The van der Waals surface area contributed by atoms with Gasteiger partial charge in [-0.05, 0) is 30.7 Å². The van der Waals surface area contributed by atoms with Crippen LogP contribution in [0, 0.1) is 5.82 Å². The van der Waals surface area contributed by atoms with Crippen LogP contribution in [0.3, 0.4) is 0 Å². The predicted molar refractivity (Wildman–Crippen MR) is 101 cm³/mol. The van der Waals surface area contributed by atoms with Crippen LogP contribution >= 0.6 is 11.8 Å². The minimum absolute atomic E-state index is 0.0631. The number of nitrogens with zero attached hydrogens (tertiary/aromatic N) is 3. The van der Waals surface area contributed by atoms with Crippen LogP contribution in [0.15, 0.2) is 59.8 Å². The van der Waals surface area contributed by atoms with Crippen molar-refractivity contribution in [3.8, 4) is 17.1 Å². The molecule has 0 aliphatic rings. The third-order valence-electron chi connectivity index (χ3n) is 3.67. The minimum atomic E-state index is -0.366. The van der Waals surface area contributed by atoms with E-state index in [4.69, 9.17) is 0 Å². The molecule has 1 amide bonds. The summed E-state index contributed by atoms with van der Waals surface area (Å²) in [6.07, 6.45) is 0.883. The lowest BCUT2D eigenvalue weighted by atomic mass is 10.2.